The van der Waals surface area contributed by atoms with Crippen LogP contribution >= 0.6 is 0 Å². The number of rotatable bonds is 4. The summed E-state index contributed by atoms with van der Waals surface area (Å²) in [7, 11) is 0. The number of furan rings is 1. The zero-order valence-electron chi connectivity index (χ0n) is 20.1. The predicted octanol–water partition coefficient (Wildman–Crippen LogP) is 7.66. The van der Waals surface area contributed by atoms with Crippen molar-refractivity contribution in [2.45, 2.75) is 41.0 Å². The van der Waals surface area contributed by atoms with Gasteiger partial charge >= 0.3 is 0 Å². The average Bonchev–Trinajstić information content (AvgIpc) is 3.16. The van der Waals surface area contributed by atoms with Crippen LogP contribution in [0.15, 0.2) is 71.2 Å². The molecule has 0 unspecified atom stereocenters. The highest BCUT2D eigenvalue weighted by atomic mass is 16.3. The van der Waals surface area contributed by atoms with Gasteiger partial charge in [-0.3, -0.25) is 0 Å². The molecule has 1 nitrogen and oxygen atoms in total. The van der Waals surface area contributed by atoms with Crippen LogP contribution in [0, 0.1) is 6.92 Å². The van der Waals surface area contributed by atoms with Crippen LogP contribution in [0.25, 0.3) is 50.0 Å². The minimum absolute atomic E-state index is 0.910. The third-order valence-electron chi connectivity index (χ3n) is 6.91. The second-order valence-corrected chi connectivity index (χ2v) is 8.63. The monoisotopic (exact) mass is 430 g/mol. The molecule has 5 rings (SSSR count). The first-order chi connectivity index (χ1) is 16.1. The normalized spacial score (nSPS) is 14.2. The van der Waals surface area contributed by atoms with Gasteiger partial charge in [0.25, 0.3) is 0 Å². The van der Waals surface area contributed by atoms with Gasteiger partial charge in [0.1, 0.15) is 11.2 Å². The molecule has 0 aliphatic heterocycles. The van der Waals surface area contributed by atoms with Gasteiger partial charge in [0.05, 0.1) is 0 Å². The third kappa shape index (κ3) is 3.23. The molecule has 5 aromatic rings. The molecule has 164 valence electrons. The highest BCUT2D eigenvalue weighted by molar-refractivity contribution is 6.25. The Balaban J connectivity index is 1.85. The third-order valence-corrected chi connectivity index (χ3v) is 6.91. The van der Waals surface area contributed by atoms with E-state index in [2.05, 4.69) is 94.5 Å². The predicted molar refractivity (Wildman–Crippen MR) is 144 cm³/mol. The maximum Gasteiger partial charge on any atom is 0.138 e. The number of hydrogen-bond acceptors (Lipinski definition) is 1. The molecule has 0 aliphatic rings. The maximum atomic E-state index is 6.47. The van der Waals surface area contributed by atoms with Crippen molar-refractivity contribution in [2.75, 3.05) is 0 Å². The van der Waals surface area contributed by atoms with Crippen LogP contribution < -0.4 is 10.6 Å². The Kier molecular flexibility index (Phi) is 5.42. The van der Waals surface area contributed by atoms with Crippen molar-refractivity contribution in [1.29, 1.82) is 0 Å². The summed E-state index contributed by atoms with van der Waals surface area (Å²) < 4.78 is 6.47. The molecule has 0 saturated heterocycles. The largest absolute Gasteiger partial charge is 0.456 e. The Labute approximate surface area is 195 Å². The maximum absolute atomic E-state index is 6.47. The van der Waals surface area contributed by atoms with Crippen molar-refractivity contribution >= 4 is 50.0 Å². The topological polar surface area (TPSA) is 13.1 Å². The van der Waals surface area contributed by atoms with Crippen molar-refractivity contribution in [1.82, 2.24) is 0 Å². The lowest BCUT2D eigenvalue weighted by Crippen LogP contribution is -2.20. The Bertz CT molecular complexity index is 1670. The Morgan fingerprint density at radius 2 is 1.52 bits per heavy atom. The van der Waals surface area contributed by atoms with Crippen LogP contribution in [0.3, 0.4) is 0 Å². The van der Waals surface area contributed by atoms with Crippen molar-refractivity contribution < 1.29 is 4.42 Å². The van der Waals surface area contributed by atoms with E-state index >= 15 is 0 Å². The van der Waals surface area contributed by atoms with Crippen LogP contribution in [0.2, 0.25) is 0 Å². The molecule has 1 heteroatoms. The molecule has 0 aliphatic carbocycles. The van der Waals surface area contributed by atoms with E-state index in [9.17, 15) is 0 Å². The molecule has 4 aromatic carbocycles. The Morgan fingerprint density at radius 3 is 2.18 bits per heavy atom. The van der Waals surface area contributed by atoms with E-state index in [0.717, 1.165) is 28.4 Å². The van der Waals surface area contributed by atoms with Crippen LogP contribution in [-0.2, 0) is 6.42 Å². The zero-order chi connectivity index (χ0) is 23.1. The summed E-state index contributed by atoms with van der Waals surface area (Å²) in [4.78, 5) is 0. The second kappa shape index (κ2) is 8.41. The number of aryl methyl sites for hydroxylation is 1. The molecule has 1 heterocycles. The van der Waals surface area contributed by atoms with E-state index < -0.39 is 0 Å². The van der Waals surface area contributed by atoms with Gasteiger partial charge < -0.3 is 4.42 Å². The molecule has 0 saturated carbocycles. The molecule has 0 radical (unpaired) electrons. The SMILES string of the molecule is C\C=C/C=c1/oc(/C(=C\C)c2ccc3ccc4c(CC)ccc5ccc2c3c54)c(C)/c1=C/C. The summed E-state index contributed by atoms with van der Waals surface area (Å²) in [6.07, 6.45) is 11.5. The van der Waals surface area contributed by atoms with Gasteiger partial charge in [0, 0.05) is 16.4 Å². The van der Waals surface area contributed by atoms with E-state index in [1.165, 1.54) is 49.0 Å². The minimum atomic E-state index is 0.910. The van der Waals surface area contributed by atoms with Crippen molar-refractivity contribution in [2.24, 2.45) is 0 Å². The quantitative estimate of drug-likeness (QED) is 0.267. The van der Waals surface area contributed by atoms with E-state index in [1.807, 2.05) is 19.1 Å². The lowest BCUT2D eigenvalue weighted by Gasteiger charge is -2.16. The van der Waals surface area contributed by atoms with Crippen LogP contribution in [0.5, 0.6) is 0 Å². The molecule has 0 bridgehead atoms. The molecule has 0 spiro atoms. The Hall–Kier alpha value is -3.58. The summed E-state index contributed by atoms with van der Waals surface area (Å²) in [5.41, 5.74) is 5.86. The van der Waals surface area contributed by atoms with Gasteiger partial charge in [-0.15, -0.1) is 0 Å². The average molecular weight is 431 g/mol. The first kappa shape index (κ1) is 21.3. The fourth-order valence-electron chi connectivity index (χ4n) is 5.29. The number of hydrogen-bond donors (Lipinski definition) is 0. The molecule has 0 N–H and O–H groups in total. The lowest BCUT2D eigenvalue weighted by molar-refractivity contribution is 0.517. The van der Waals surface area contributed by atoms with Crippen molar-refractivity contribution in [3.05, 3.63) is 99.8 Å². The first-order valence-corrected chi connectivity index (χ1v) is 11.9. The lowest BCUT2D eigenvalue weighted by atomic mass is 9.87. The van der Waals surface area contributed by atoms with Crippen LogP contribution in [0.1, 0.15) is 50.1 Å². The molecule has 0 amide bonds. The second-order valence-electron chi connectivity index (χ2n) is 8.63. The van der Waals surface area contributed by atoms with Gasteiger partial charge in [0.15, 0.2) is 0 Å². The van der Waals surface area contributed by atoms with E-state index in [0.29, 0.717) is 0 Å². The zero-order valence-corrected chi connectivity index (χ0v) is 20.1. The molecular weight excluding hydrogens is 400 g/mol. The van der Waals surface area contributed by atoms with Crippen molar-refractivity contribution in [3.8, 4) is 0 Å². The van der Waals surface area contributed by atoms with Gasteiger partial charge in [-0.25, -0.2) is 0 Å². The van der Waals surface area contributed by atoms with Crippen LogP contribution in [0.4, 0.5) is 0 Å². The molecule has 1 aromatic heterocycles. The van der Waals surface area contributed by atoms with Gasteiger partial charge in [0.2, 0.25) is 0 Å². The summed E-state index contributed by atoms with van der Waals surface area (Å²) in [6, 6.07) is 18.2. The number of benzene rings is 4. The van der Waals surface area contributed by atoms with E-state index in [1.54, 1.807) is 0 Å². The molecule has 0 atom stereocenters. The summed E-state index contributed by atoms with van der Waals surface area (Å²) in [5.74, 6) is 0.950. The fourth-order valence-corrected chi connectivity index (χ4v) is 5.29. The minimum Gasteiger partial charge on any atom is -0.456 e. The van der Waals surface area contributed by atoms with Crippen molar-refractivity contribution in [3.63, 3.8) is 0 Å². The van der Waals surface area contributed by atoms with E-state index in [4.69, 9.17) is 4.42 Å². The van der Waals surface area contributed by atoms with Gasteiger partial charge in [-0.2, -0.15) is 0 Å². The first-order valence-electron chi connectivity index (χ1n) is 11.9. The van der Waals surface area contributed by atoms with Gasteiger partial charge in [-0.1, -0.05) is 79.8 Å². The summed E-state index contributed by atoms with van der Waals surface area (Å²) in [6.45, 7) is 10.6. The van der Waals surface area contributed by atoms with E-state index in [-0.39, 0.29) is 0 Å². The number of allylic oxidation sites excluding steroid dienone is 3. The highest BCUT2D eigenvalue weighted by Crippen LogP contribution is 2.40. The smallest absolute Gasteiger partial charge is 0.138 e. The molecular formula is C32H30O. The fraction of sp³-hybridized carbons (Fsp3) is 0.188. The Morgan fingerprint density at radius 1 is 0.848 bits per heavy atom. The van der Waals surface area contributed by atoms with Crippen LogP contribution in [-0.4, -0.2) is 0 Å². The summed E-state index contributed by atoms with van der Waals surface area (Å²) in [5, 5.41) is 9.13. The molecule has 0 fully saturated rings. The summed E-state index contributed by atoms with van der Waals surface area (Å²) >= 11 is 0. The van der Waals surface area contributed by atoms with Gasteiger partial charge in [-0.05, 0) is 83.6 Å². The standard InChI is InChI=1S/C32H30O/c1-6-10-11-29-24(8-3)20(5)32(33-29)25(9-4)27-18-15-23-14-17-26-21(7-2)12-13-22-16-19-28(27)31(23)30(22)26/h6,8-19H,7H2,1-5H3/b10-6-,24-8-,25-9-,29-11+. The molecule has 33 heavy (non-hydrogen) atoms. The highest BCUT2D eigenvalue weighted by Gasteiger charge is 2.18.